The van der Waals surface area contributed by atoms with Crippen LogP contribution >= 0.6 is 0 Å². The van der Waals surface area contributed by atoms with Gasteiger partial charge in [0.2, 0.25) is 0 Å². The average molecular weight is 181 g/mol. The van der Waals surface area contributed by atoms with E-state index in [0.717, 1.165) is 11.1 Å². The Morgan fingerprint density at radius 1 is 1.07 bits per heavy atom. The van der Waals surface area contributed by atoms with Crippen LogP contribution in [-0.4, -0.2) is 10.2 Å². The predicted octanol–water partition coefficient (Wildman–Crippen LogP) is 2.02. The highest BCUT2D eigenvalue weighted by molar-refractivity contribution is 5.62. The van der Waals surface area contributed by atoms with Gasteiger partial charge in [0.1, 0.15) is 6.07 Å². The minimum absolute atomic E-state index is 0.339. The van der Waals surface area contributed by atoms with E-state index < -0.39 is 0 Å². The fourth-order valence-corrected chi connectivity index (χ4v) is 1.21. The van der Waals surface area contributed by atoms with Crippen LogP contribution in [-0.2, 0) is 0 Å². The molecule has 2 rings (SSSR count). The Hall–Kier alpha value is -2.21. The second-order valence-corrected chi connectivity index (χ2v) is 2.81. The molecule has 66 valence electrons. The lowest BCUT2D eigenvalue weighted by molar-refractivity contribution is 1.01. The molecule has 3 nitrogen and oxygen atoms in total. The molecule has 0 spiro atoms. The molecule has 0 saturated heterocycles. The molecule has 0 bridgehead atoms. The van der Waals surface area contributed by atoms with Crippen molar-refractivity contribution in [3.63, 3.8) is 0 Å². The number of benzene rings is 1. The summed E-state index contributed by atoms with van der Waals surface area (Å²) in [6.45, 7) is 0. The van der Waals surface area contributed by atoms with Crippen LogP contribution in [0.5, 0.6) is 0 Å². The Labute approximate surface area is 81.7 Å². The van der Waals surface area contributed by atoms with E-state index in [0.29, 0.717) is 5.69 Å². The molecule has 0 aliphatic rings. The van der Waals surface area contributed by atoms with Crippen LogP contribution in [0.25, 0.3) is 11.1 Å². The third-order valence-corrected chi connectivity index (χ3v) is 1.88. The zero-order valence-corrected chi connectivity index (χ0v) is 7.38. The van der Waals surface area contributed by atoms with E-state index in [2.05, 4.69) is 10.2 Å². The third kappa shape index (κ3) is 1.59. The molecule has 3 heteroatoms. The van der Waals surface area contributed by atoms with Crippen molar-refractivity contribution in [1.82, 2.24) is 10.2 Å². The maximum Gasteiger partial charge on any atom is 0.163 e. The van der Waals surface area contributed by atoms with Crippen molar-refractivity contribution in [1.29, 1.82) is 5.26 Å². The molecule has 0 fully saturated rings. The Bertz CT molecular complexity index is 471. The first-order valence-electron chi connectivity index (χ1n) is 4.18. The fraction of sp³-hybridized carbons (Fsp3) is 0. The van der Waals surface area contributed by atoms with E-state index in [-0.39, 0.29) is 0 Å². The summed E-state index contributed by atoms with van der Waals surface area (Å²) < 4.78 is 0. The SMILES string of the molecule is N#Cc1cc(-c2ccccc2)cnn1. The highest BCUT2D eigenvalue weighted by Crippen LogP contribution is 2.17. The number of hydrogen-bond acceptors (Lipinski definition) is 3. The Morgan fingerprint density at radius 2 is 1.86 bits per heavy atom. The lowest BCUT2D eigenvalue weighted by Gasteiger charge is -1.98. The maximum atomic E-state index is 8.66. The van der Waals surface area contributed by atoms with Gasteiger partial charge in [0.25, 0.3) is 0 Å². The number of nitrogens with zero attached hydrogens (tertiary/aromatic N) is 3. The molecule has 0 N–H and O–H groups in total. The maximum absolute atomic E-state index is 8.66. The van der Waals surface area contributed by atoms with Crippen molar-refractivity contribution < 1.29 is 0 Å². The van der Waals surface area contributed by atoms with Gasteiger partial charge < -0.3 is 0 Å². The normalized spacial score (nSPS) is 9.36. The largest absolute Gasteiger partial charge is 0.191 e. The van der Waals surface area contributed by atoms with Gasteiger partial charge in [-0.1, -0.05) is 30.3 Å². The number of hydrogen-bond donors (Lipinski definition) is 0. The van der Waals surface area contributed by atoms with Gasteiger partial charge in [0.15, 0.2) is 5.69 Å². The molecule has 0 radical (unpaired) electrons. The predicted molar refractivity (Wildman–Crippen MR) is 52.2 cm³/mol. The van der Waals surface area contributed by atoms with Gasteiger partial charge in [-0.25, -0.2) is 0 Å². The summed E-state index contributed by atoms with van der Waals surface area (Å²) in [7, 11) is 0. The van der Waals surface area contributed by atoms with Gasteiger partial charge in [-0.05, 0) is 11.6 Å². The topological polar surface area (TPSA) is 49.6 Å². The van der Waals surface area contributed by atoms with Crippen molar-refractivity contribution in [2.45, 2.75) is 0 Å². The van der Waals surface area contributed by atoms with Crippen molar-refractivity contribution in [2.75, 3.05) is 0 Å². The van der Waals surface area contributed by atoms with Crippen LogP contribution in [0.2, 0.25) is 0 Å². The number of nitriles is 1. The van der Waals surface area contributed by atoms with Crippen molar-refractivity contribution >= 4 is 0 Å². The second kappa shape index (κ2) is 3.67. The summed E-state index contributed by atoms with van der Waals surface area (Å²) in [5.41, 5.74) is 2.29. The van der Waals surface area contributed by atoms with Gasteiger partial charge in [-0.2, -0.15) is 10.4 Å². The van der Waals surface area contributed by atoms with E-state index in [1.165, 1.54) is 0 Å². The Kier molecular flexibility index (Phi) is 2.20. The minimum Gasteiger partial charge on any atom is -0.191 e. The quantitative estimate of drug-likeness (QED) is 0.676. The molecule has 1 aromatic carbocycles. The number of aromatic nitrogens is 2. The smallest absolute Gasteiger partial charge is 0.163 e. The van der Waals surface area contributed by atoms with Crippen molar-refractivity contribution in [3.8, 4) is 17.2 Å². The van der Waals surface area contributed by atoms with Gasteiger partial charge >= 0.3 is 0 Å². The summed E-state index contributed by atoms with van der Waals surface area (Å²) >= 11 is 0. The lowest BCUT2D eigenvalue weighted by Crippen LogP contribution is -1.88. The third-order valence-electron chi connectivity index (χ3n) is 1.88. The first-order chi connectivity index (χ1) is 6.90. The highest BCUT2D eigenvalue weighted by Gasteiger charge is 1.99. The summed E-state index contributed by atoms with van der Waals surface area (Å²) in [4.78, 5) is 0. The van der Waals surface area contributed by atoms with E-state index >= 15 is 0 Å². The van der Waals surface area contributed by atoms with Crippen LogP contribution in [0.15, 0.2) is 42.6 Å². The van der Waals surface area contributed by atoms with Gasteiger partial charge in [-0.3, -0.25) is 0 Å². The lowest BCUT2D eigenvalue weighted by atomic mass is 10.1. The van der Waals surface area contributed by atoms with Crippen LogP contribution < -0.4 is 0 Å². The van der Waals surface area contributed by atoms with Crippen LogP contribution in [0.3, 0.4) is 0 Å². The highest BCUT2D eigenvalue weighted by atomic mass is 15.1. The molecule has 14 heavy (non-hydrogen) atoms. The van der Waals surface area contributed by atoms with Crippen molar-refractivity contribution in [2.24, 2.45) is 0 Å². The Balaban J connectivity index is 2.49. The van der Waals surface area contributed by atoms with Crippen molar-refractivity contribution in [3.05, 3.63) is 48.3 Å². The summed E-state index contributed by atoms with van der Waals surface area (Å²) in [5.74, 6) is 0. The van der Waals surface area contributed by atoms with Crippen LogP contribution in [0.4, 0.5) is 0 Å². The number of rotatable bonds is 1. The van der Waals surface area contributed by atoms with Crippen LogP contribution in [0.1, 0.15) is 5.69 Å². The van der Waals surface area contributed by atoms with E-state index in [9.17, 15) is 0 Å². The summed E-state index contributed by atoms with van der Waals surface area (Å²) in [6.07, 6.45) is 1.65. The molecule has 0 aliphatic heterocycles. The zero-order valence-electron chi connectivity index (χ0n) is 7.38. The summed E-state index contributed by atoms with van der Waals surface area (Å²) in [5, 5.41) is 16.1. The molecule has 0 atom stereocenters. The monoisotopic (exact) mass is 181 g/mol. The zero-order chi connectivity index (χ0) is 9.80. The van der Waals surface area contributed by atoms with E-state index in [4.69, 9.17) is 5.26 Å². The fourth-order valence-electron chi connectivity index (χ4n) is 1.21. The Morgan fingerprint density at radius 3 is 2.57 bits per heavy atom. The van der Waals surface area contributed by atoms with E-state index in [1.807, 2.05) is 36.4 Å². The molecule has 0 unspecified atom stereocenters. The van der Waals surface area contributed by atoms with E-state index in [1.54, 1.807) is 12.3 Å². The first kappa shape index (κ1) is 8.39. The molecular weight excluding hydrogens is 174 g/mol. The minimum atomic E-state index is 0.339. The standard InChI is InChI=1S/C11H7N3/c12-7-11-6-10(8-13-14-11)9-4-2-1-3-5-9/h1-6,8H. The van der Waals surface area contributed by atoms with Gasteiger partial charge in [0.05, 0.1) is 6.20 Å². The average Bonchev–Trinajstić information content (AvgIpc) is 2.30. The first-order valence-corrected chi connectivity index (χ1v) is 4.18. The van der Waals surface area contributed by atoms with Gasteiger partial charge in [0, 0.05) is 5.56 Å². The molecule has 0 amide bonds. The molecule has 0 aliphatic carbocycles. The second-order valence-electron chi connectivity index (χ2n) is 2.81. The molecule has 2 aromatic rings. The summed E-state index contributed by atoms with van der Waals surface area (Å²) in [6, 6.07) is 13.5. The molecule has 1 aromatic heterocycles. The molecule has 1 heterocycles. The van der Waals surface area contributed by atoms with Gasteiger partial charge in [-0.15, -0.1) is 5.10 Å². The molecule has 0 saturated carbocycles. The molecular formula is C11H7N3. The van der Waals surface area contributed by atoms with Crippen LogP contribution in [0, 0.1) is 11.3 Å².